The third-order valence-electron chi connectivity index (χ3n) is 4.50. The molecule has 0 radical (unpaired) electrons. The van der Waals surface area contributed by atoms with Gasteiger partial charge in [-0.15, -0.1) is 0 Å². The Kier molecular flexibility index (Phi) is 4.72. The quantitative estimate of drug-likeness (QED) is 0.887. The summed E-state index contributed by atoms with van der Waals surface area (Å²) in [5.41, 5.74) is -0.170. The monoisotopic (exact) mass is 359 g/mol. The van der Waals surface area contributed by atoms with Crippen LogP contribution < -0.4 is 11.0 Å². The number of nitrogens with one attached hydrogen (secondary N) is 1. The smallest absolute Gasteiger partial charge is 0.351 e. The molecule has 1 fully saturated rings. The third kappa shape index (κ3) is 3.54. The molecule has 26 heavy (non-hydrogen) atoms. The van der Waals surface area contributed by atoms with Crippen LogP contribution in [0.15, 0.2) is 47.4 Å². The molecule has 2 heterocycles. The molecule has 1 amide bonds. The van der Waals surface area contributed by atoms with E-state index >= 15 is 0 Å². The van der Waals surface area contributed by atoms with Crippen LogP contribution >= 0.6 is 0 Å². The highest BCUT2D eigenvalue weighted by atomic mass is 16.6. The molecule has 7 nitrogen and oxygen atoms in total. The summed E-state index contributed by atoms with van der Waals surface area (Å²) >= 11 is 0. The van der Waals surface area contributed by atoms with Crippen molar-refractivity contribution >= 4 is 11.7 Å². The van der Waals surface area contributed by atoms with E-state index in [0.29, 0.717) is 5.56 Å². The van der Waals surface area contributed by atoms with Gasteiger partial charge in [0.25, 0.3) is 5.91 Å². The molecule has 0 aliphatic carbocycles. The Morgan fingerprint density at radius 2 is 2.12 bits per heavy atom. The molecule has 0 bridgehead atoms. The van der Waals surface area contributed by atoms with Gasteiger partial charge in [0.05, 0.1) is 6.10 Å². The fourth-order valence-electron chi connectivity index (χ4n) is 3.12. The largest absolute Gasteiger partial charge is 0.376 e. The fourth-order valence-corrected chi connectivity index (χ4v) is 3.12. The fraction of sp³-hybridized carbons (Fsp3) is 0.421. The topological polar surface area (TPSA) is 82.5 Å². The first-order valence-corrected chi connectivity index (χ1v) is 8.36. The van der Waals surface area contributed by atoms with Crippen molar-refractivity contribution in [2.75, 3.05) is 12.4 Å². The van der Waals surface area contributed by atoms with Crippen LogP contribution in [0.5, 0.6) is 0 Å². The zero-order chi connectivity index (χ0) is 20.5. The Labute approximate surface area is 154 Å². The minimum absolute atomic E-state index is 0.123. The molecule has 4 atom stereocenters. The molecule has 1 aliphatic heterocycles. The first kappa shape index (κ1) is 15.7. The van der Waals surface area contributed by atoms with Gasteiger partial charge in [0.1, 0.15) is 11.9 Å². The summed E-state index contributed by atoms with van der Waals surface area (Å²) in [7, 11) is 1.50. The van der Waals surface area contributed by atoms with Crippen LogP contribution in [0.25, 0.3) is 0 Å². The minimum atomic E-state index is -1.59. The van der Waals surface area contributed by atoms with Gasteiger partial charge in [0.2, 0.25) is 0 Å². The molecule has 0 saturated carbocycles. The zero-order valence-electron chi connectivity index (χ0n) is 16.9. The molecular weight excluding hydrogens is 334 g/mol. The Hall–Kier alpha value is -2.51. The van der Waals surface area contributed by atoms with Crippen LogP contribution in [0.1, 0.15) is 39.5 Å². The van der Waals surface area contributed by atoms with Crippen molar-refractivity contribution in [3.63, 3.8) is 0 Å². The SMILES string of the molecule is [2H]C([2H])(C)[C@H]1O[C@@H](n2ccc(NC(=O)c3ccccc3)nc2=O)[C@H](OC)[C@@H]1C. The minimum Gasteiger partial charge on any atom is -0.376 e. The van der Waals surface area contributed by atoms with Crippen LogP contribution in [0.4, 0.5) is 5.82 Å². The van der Waals surface area contributed by atoms with Crippen LogP contribution in [0, 0.1) is 5.92 Å². The predicted molar refractivity (Wildman–Crippen MR) is 97.1 cm³/mol. The van der Waals surface area contributed by atoms with Crippen molar-refractivity contribution in [3.05, 3.63) is 58.6 Å². The molecule has 138 valence electrons. The van der Waals surface area contributed by atoms with Gasteiger partial charge in [0.15, 0.2) is 6.23 Å². The lowest BCUT2D eigenvalue weighted by atomic mass is 9.98. The lowest BCUT2D eigenvalue weighted by Crippen LogP contribution is -2.34. The van der Waals surface area contributed by atoms with Gasteiger partial charge in [-0.1, -0.05) is 32.0 Å². The van der Waals surface area contributed by atoms with Gasteiger partial charge in [-0.2, -0.15) is 4.98 Å². The molecule has 0 spiro atoms. The van der Waals surface area contributed by atoms with Gasteiger partial charge >= 0.3 is 5.69 Å². The van der Waals surface area contributed by atoms with Crippen molar-refractivity contribution in [1.82, 2.24) is 9.55 Å². The van der Waals surface area contributed by atoms with Crippen molar-refractivity contribution < 1.29 is 17.0 Å². The molecule has 1 saturated heterocycles. The Morgan fingerprint density at radius 1 is 1.38 bits per heavy atom. The Morgan fingerprint density at radius 3 is 2.73 bits per heavy atom. The molecule has 1 N–H and O–H groups in total. The first-order chi connectivity index (χ1) is 13.2. The second kappa shape index (κ2) is 7.80. The maximum absolute atomic E-state index is 12.5. The number of rotatable bonds is 5. The number of amides is 1. The highest BCUT2D eigenvalue weighted by molar-refractivity contribution is 6.03. The first-order valence-electron chi connectivity index (χ1n) is 9.36. The average molecular weight is 359 g/mol. The van der Waals surface area contributed by atoms with E-state index in [9.17, 15) is 9.59 Å². The lowest BCUT2D eigenvalue weighted by molar-refractivity contribution is -0.0529. The van der Waals surface area contributed by atoms with E-state index in [1.807, 2.05) is 6.92 Å². The van der Waals surface area contributed by atoms with Gasteiger partial charge in [0, 0.05) is 27.5 Å². The van der Waals surface area contributed by atoms with Gasteiger partial charge < -0.3 is 14.8 Å². The highest BCUT2D eigenvalue weighted by Gasteiger charge is 2.42. The second-order valence-electron chi connectivity index (χ2n) is 6.12. The van der Waals surface area contributed by atoms with E-state index in [0.717, 1.165) is 0 Å². The standard InChI is InChI=1S/C19H23N3O4/c1-4-14-12(2)16(25-3)18(26-14)22-11-10-15(21-19(22)24)20-17(23)13-8-6-5-7-9-13/h5-12,14,16,18H,4H2,1-3H3,(H,20,21,23,24)/t12-,14-,16-,18-/m1/s1/i4D2. The Balaban J connectivity index is 1.82. The van der Waals surface area contributed by atoms with Crippen LogP contribution in [-0.4, -0.2) is 34.8 Å². The van der Waals surface area contributed by atoms with Crippen LogP contribution in [0.3, 0.4) is 0 Å². The third-order valence-corrected chi connectivity index (χ3v) is 4.50. The van der Waals surface area contributed by atoms with E-state index in [2.05, 4.69) is 10.3 Å². The molecule has 1 aromatic heterocycles. The van der Waals surface area contributed by atoms with E-state index < -0.39 is 30.5 Å². The predicted octanol–water partition coefficient (Wildman–Crippen LogP) is 2.45. The summed E-state index contributed by atoms with van der Waals surface area (Å²) in [4.78, 5) is 28.7. The van der Waals surface area contributed by atoms with Crippen molar-refractivity contribution in [2.45, 2.75) is 38.7 Å². The average Bonchev–Trinajstić information content (AvgIpc) is 2.99. The number of nitrogens with zero attached hydrogens (tertiary/aromatic N) is 2. The van der Waals surface area contributed by atoms with Crippen LogP contribution in [-0.2, 0) is 9.47 Å². The molecule has 1 aromatic carbocycles. The van der Waals surface area contributed by atoms with Gasteiger partial charge in [-0.3, -0.25) is 9.36 Å². The number of methoxy groups -OCH3 is 1. The van der Waals surface area contributed by atoms with Gasteiger partial charge in [-0.25, -0.2) is 4.79 Å². The maximum atomic E-state index is 12.5. The highest BCUT2D eigenvalue weighted by Crippen LogP contribution is 2.36. The van der Waals surface area contributed by atoms with E-state index in [1.165, 1.54) is 30.9 Å². The molecule has 1 aliphatic rings. The summed E-state index contributed by atoms with van der Waals surface area (Å²) in [5, 5.41) is 2.59. The van der Waals surface area contributed by atoms with Crippen molar-refractivity contribution in [3.8, 4) is 0 Å². The molecule has 3 rings (SSSR count). The molecule has 7 heteroatoms. The summed E-state index contributed by atoms with van der Waals surface area (Å²) in [6, 6.07) is 10.1. The van der Waals surface area contributed by atoms with E-state index in [-0.39, 0.29) is 17.6 Å². The number of carbonyl (C=O) groups is 1. The molecule has 0 unspecified atom stereocenters. The van der Waals surface area contributed by atoms with Crippen molar-refractivity contribution in [1.29, 1.82) is 0 Å². The number of aromatic nitrogens is 2. The number of carbonyl (C=O) groups excluding carboxylic acids is 1. The normalized spacial score (nSPS) is 26.9. The summed E-state index contributed by atoms with van der Waals surface area (Å²) in [5.74, 6) is -0.512. The number of ether oxygens (including phenoxy) is 2. The second-order valence-corrected chi connectivity index (χ2v) is 6.12. The number of benzene rings is 1. The zero-order valence-corrected chi connectivity index (χ0v) is 14.9. The number of hydrogen-bond donors (Lipinski definition) is 1. The summed E-state index contributed by atoms with van der Waals surface area (Å²) in [6.07, 6.45) is -2.17. The van der Waals surface area contributed by atoms with Crippen molar-refractivity contribution in [2.24, 2.45) is 5.92 Å². The lowest BCUT2D eigenvalue weighted by Gasteiger charge is -2.21. The summed E-state index contributed by atoms with van der Waals surface area (Å²) < 4.78 is 28.5. The van der Waals surface area contributed by atoms with E-state index in [4.69, 9.17) is 12.2 Å². The van der Waals surface area contributed by atoms with E-state index in [1.54, 1.807) is 30.3 Å². The maximum Gasteiger partial charge on any atom is 0.351 e. The number of anilines is 1. The van der Waals surface area contributed by atoms with Gasteiger partial charge in [-0.05, 0) is 24.6 Å². The summed E-state index contributed by atoms with van der Waals surface area (Å²) in [6.45, 7) is 3.26. The Bertz CT molecular complexity index is 898. The molecular formula is C19H23N3O4. The van der Waals surface area contributed by atoms with Crippen LogP contribution in [0.2, 0.25) is 0 Å². The molecule has 2 aromatic rings. The number of hydrogen-bond acceptors (Lipinski definition) is 5.